The van der Waals surface area contributed by atoms with Gasteiger partial charge >= 0.3 is 0 Å². The molecule has 0 radical (unpaired) electrons. The van der Waals surface area contributed by atoms with Crippen LogP contribution in [0.25, 0.3) is 0 Å². The van der Waals surface area contributed by atoms with Crippen molar-refractivity contribution in [2.75, 3.05) is 7.05 Å². The molecule has 2 rings (SSSR count). The van der Waals surface area contributed by atoms with Crippen molar-refractivity contribution in [3.8, 4) is 0 Å². The van der Waals surface area contributed by atoms with E-state index in [-0.39, 0.29) is 5.91 Å². The van der Waals surface area contributed by atoms with E-state index >= 15 is 0 Å². The predicted molar refractivity (Wildman–Crippen MR) is 76.5 cm³/mol. The molecule has 3 nitrogen and oxygen atoms in total. The van der Waals surface area contributed by atoms with Crippen LogP contribution in [0.4, 0.5) is 0 Å². The minimum atomic E-state index is -0.0616. The van der Waals surface area contributed by atoms with E-state index in [2.05, 4.69) is 4.98 Å². The summed E-state index contributed by atoms with van der Waals surface area (Å²) in [6.07, 6.45) is 3.19. The minimum Gasteiger partial charge on any atom is -0.337 e. The Balaban J connectivity index is 2.10. The van der Waals surface area contributed by atoms with Crippen LogP contribution in [-0.4, -0.2) is 22.8 Å². The summed E-state index contributed by atoms with van der Waals surface area (Å²) < 4.78 is 0. The zero-order chi connectivity index (χ0) is 13.8. The van der Waals surface area contributed by atoms with E-state index in [0.29, 0.717) is 22.2 Å². The molecular weight excluding hydrogens is 283 g/mol. The molecule has 0 saturated heterocycles. The van der Waals surface area contributed by atoms with Gasteiger partial charge in [-0.1, -0.05) is 29.3 Å². The summed E-state index contributed by atoms with van der Waals surface area (Å²) in [7, 11) is 1.74. The van der Waals surface area contributed by atoms with Gasteiger partial charge in [0, 0.05) is 31.5 Å². The molecule has 5 heteroatoms. The largest absolute Gasteiger partial charge is 0.337 e. The Labute approximate surface area is 121 Å². The second-order valence-corrected chi connectivity index (χ2v) is 4.96. The number of aromatic nitrogens is 1. The quantitative estimate of drug-likeness (QED) is 0.865. The van der Waals surface area contributed by atoms with Crippen LogP contribution in [0.2, 0.25) is 10.0 Å². The van der Waals surface area contributed by atoms with Crippen molar-refractivity contribution in [2.45, 2.75) is 6.54 Å². The summed E-state index contributed by atoms with van der Waals surface area (Å²) in [5.41, 5.74) is 1.54. The molecule has 0 aliphatic rings. The highest BCUT2D eigenvalue weighted by Gasteiger charge is 2.12. The zero-order valence-electron chi connectivity index (χ0n) is 10.3. The maximum atomic E-state index is 12.1. The summed E-state index contributed by atoms with van der Waals surface area (Å²) >= 11 is 11.8. The SMILES string of the molecule is CN(Cc1ccc(Cl)c(Cl)c1)C(=O)c1ccncc1. The topological polar surface area (TPSA) is 33.2 Å². The molecule has 0 spiro atoms. The lowest BCUT2D eigenvalue weighted by molar-refractivity contribution is 0.0785. The molecule has 0 fully saturated rings. The number of amides is 1. The lowest BCUT2D eigenvalue weighted by Gasteiger charge is -2.17. The second kappa shape index (κ2) is 6.04. The van der Waals surface area contributed by atoms with Gasteiger partial charge in [-0.05, 0) is 29.8 Å². The molecule has 1 amide bonds. The summed E-state index contributed by atoms with van der Waals surface area (Å²) in [6, 6.07) is 8.72. The van der Waals surface area contributed by atoms with E-state index in [1.165, 1.54) is 0 Å². The van der Waals surface area contributed by atoms with Gasteiger partial charge < -0.3 is 4.90 Å². The average molecular weight is 295 g/mol. The molecule has 0 unspecified atom stereocenters. The number of hydrogen-bond donors (Lipinski definition) is 0. The Kier molecular flexibility index (Phi) is 4.40. The fourth-order valence-electron chi connectivity index (χ4n) is 1.70. The Morgan fingerprint density at radius 1 is 1.16 bits per heavy atom. The van der Waals surface area contributed by atoms with Crippen molar-refractivity contribution in [1.82, 2.24) is 9.88 Å². The predicted octanol–water partition coefficient (Wildman–Crippen LogP) is 3.66. The maximum absolute atomic E-state index is 12.1. The number of benzene rings is 1. The van der Waals surface area contributed by atoms with Gasteiger partial charge in [0.1, 0.15) is 0 Å². The van der Waals surface area contributed by atoms with Crippen LogP contribution in [-0.2, 0) is 6.54 Å². The van der Waals surface area contributed by atoms with Crippen LogP contribution in [0.3, 0.4) is 0 Å². The van der Waals surface area contributed by atoms with Crippen LogP contribution >= 0.6 is 23.2 Å². The van der Waals surface area contributed by atoms with Gasteiger partial charge in [-0.3, -0.25) is 9.78 Å². The highest BCUT2D eigenvalue weighted by Crippen LogP contribution is 2.23. The molecule has 0 aliphatic heterocycles. The minimum absolute atomic E-state index is 0.0616. The molecule has 19 heavy (non-hydrogen) atoms. The van der Waals surface area contributed by atoms with E-state index < -0.39 is 0 Å². The Morgan fingerprint density at radius 2 is 1.84 bits per heavy atom. The van der Waals surface area contributed by atoms with Crippen molar-refractivity contribution < 1.29 is 4.79 Å². The lowest BCUT2D eigenvalue weighted by atomic mass is 10.2. The number of carbonyl (C=O) groups excluding carboxylic acids is 1. The van der Waals surface area contributed by atoms with E-state index in [0.717, 1.165) is 5.56 Å². The first kappa shape index (κ1) is 13.8. The van der Waals surface area contributed by atoms with Crippen molar-refractivity contribution in [3.63, 3.8) is 0 Å². The molecule has 0 bridgehead atoms. The molecule has 0 N–H and O–H groups in total. The average Bonchev–Trinajstić information content (AvgIpc) is 2.43. The molecule has 0 saturated carbocycles. The third kappa shape index (κ3) is 3.46. The van der Waals surface area contributed by atoms with Gasteiger partial charge in [0.2, 0.25) is 0 Å². The normalized spacial score (nSPS) is 10.3. The number of hydrogen-bond acceptors (Lipinski definition) is 2. The summed E-state index contributed by atoms with van der Waals surface area (Å²) in [5.74, 6) is -0.0616. The first-order valence-corrected chi connectivity index (χ1v) is 6.43. The van der Waals surface area contributed by atoms with Gasteiger partial charge in [-0.2, -0.15) is 0 Å². The van der Waals surface area contributed by atoms with Crippen molar-refractivity contribution >= 4 is 29.1 Å². The number of halogens is 2. The molecule has 1 heterocycles. The zero-order valence-corrected chi connectivity index (χ0v) is 11.8. The summed E-state index contributed by atoms with van der Waals surface area (Å²) in [5, 5.41) is 0.998. The number of nitrogens with zero attached hydrogens (tertiary/aromatic N) is 2. The molecule has 0 aliphatic carbocycles. The highest BCUT2D eigenvalue weighted by molar-refractivity contribution is 6.42. The van der Waals surface area contributed by atoms with Crippen molar-refractivity contribution in [2.24, 2.45) is 0 Å². The van der Waals surface area contributed by atoms with Crippen LogP contribution in [0.1, 0.15) is 15.9 Å². The van der Waals surface area contributed by atoms with E-state index in [1.807, 2.05) is 6.07 Å². The number of pyridine rings is 1. The van der Waals surface area contributed by atoms with Gasteiger partial charge in [0.05, 0.1) is 10.0 Å². The third-order valence-corrected chi connectivity index (χ3v) is 3.42. The standard InChI is InChI=1S/C14H12Cl2N2O/c1-18(14(19)11-4-6-17-7-5-11)9-10-2-3-12(15)13(16)8-10/h2-8H,9H2,1H3. The molecule has 2 aromatic rings. The number of rotatable bonds is 3. The van der Waals surface area contributed by atoms with Gasteiger partial charge in [0.25, 0.3) is 5.91 Å². The smallest absolute Gasteiger partial charge is 0.254 e. The third-order valence-electron chi connectivity index (χ3n) is 2.68. The first-order chi connectivity index (χ1) is 9.08. The lowest BCUT2D eigenvalue weighted by Crippen LogP contribution is -2.26. The fraction of sp³-hybridized carbons (Fsp3) is 0.143. The number of carbonyl (C=O) groups is 1. The van der Waals surface area contributed by atoms with E-state index in [4.69, 9.17) is 23.2 Å². The molecule has 98 valence electrons. The van der Waals surface area contributed by atoms with Crippen LogP contribution in [0.5, 0.6) is 0 Å². The van der Waals surface area contributed by atoms with Crippen LogP contribution in [0.15, 0.2) is 42.7 Å². The van der Waals surface area contributed by atoms with Crippen molar-refractivity contribution in [1.29, 1.82) is 0 Å². The van der Waals surface area contributed by atoms with Crippen LogP contribution in [0, 0.1) is 0 Å². The van der Waals surface area contributed by atoms with E-state index in [9.17, 15) is 4.79 Å². The monoisotopic (exact) mass is 294 g/mol. The van der Waals surface area contributed by atoms with Gasteiger partial charge in [0.15, 0.2) is 0 Å². The van der Waals surface area contributed by atoms with E-state index in [1.54, 1.807) is 48.6 Å². The molecule has 0 atom stereocenters. The Morgan fingerprint density at radius 3 is 2.47 bits per heavy atom. The maximum Gasteiger partial charge on any atom is 0.254 e. The second-order valence-electron chi connectivity index (χ2n) is 4.15. The fourth-order valence-corrected chi connectivity index (χ4v) is 2.02. The summed E-state index contributed by atoms with van der Waals surface area (Å²) in [4.78, 5) is 17.6. The Bertz CT molecular complexity index is 587. The van der Waals surface area contributed by atoms with Crippen molar-refractivity contribution in [3.05, 3.63) is 63.9 Å². The van der Waals surface area contributed by atoms with Gasteiger partial charge in [-0.15, -0.1) is 0 Å². The summed E-state index contributed by atoms with van der Waals surface area (Å²) in [6.45, 7) is 0.470. The van der Waals surface area contributed by atoms with Crippen LogP contribution < -0.4 is 0 Å². The van der Waals surface area contributed by atoms with Gasteiger partial charge in [-0.25, -0.2) is 0 Å². The highest BCUT2D eigenvalue weighted by atomic mass is 35.5. The first-order valence-electron chi connectivity index (χ1n) is 5.67. The molecule has 1 aromatic carbocycles. The Hall–Kier alpha value is -1.58. The molecule has 1 aromatic heterocycles. The molecular formula is C14H12Cl2N2O.